The number of carbonyl (C=O) groups excluding carboxylic acids is 1. The van der Waals surface area contributed by atoms with Crippen LogP contribution in [0.25, 0.3) is 0 Å². The Labute approximate surface area is 104 Å². The summed E-state index contributed by atoms with van der Waals surface area (Å²) in [6, 6.07) is 0. The molecule has 2 aliphatic rings. The zero-order valence-corrected chi connectivity index (χ0v) is 11.6. The average Bonchev–Trinajstić information content (AvgIpc) is 2.40. The Hall–Kier alpha value is 0.0600. The van der Waals surface area contributed by atoms with Crippen LogP contribution >= 0.6 is 15.9 Å². The molecule has 16 heavy (non-hydrogen) atoms. The lowest BCUT2D eigenvalue weighted by Gasteiger charge is -2.37. The number of fused-ring (bicyclic) bond motifs is 2. The Bertz CT molecular complexity index is 446. The van der Waals surface area contributed by atoms with Crippen LogP contribution in [-0.2, 0) is 14.9 Å². The molecule has 0 amide bonds. The first-order chi connectivity index (χ1) is 7.12. The number of halogens is 1. The van der Waals surface area contributed by atoms with E-state index in [1.165, 1.54) is 0 Å². The fourth-order valence-electron chi connectivity index (χ4n) is 3.45. The van der Waals surface area contributed by atoms with Crippen molar-refractivity contribution in [2.75, 3.05) is 5.75 Å². The highest BCUT2D eigenvalue weighted by atomic mass is 79.9. The van der Waals surface area contributed by atoms with Crippen LogP contribution in [0.5, 0.6) is 0 Å². The normalized spacial score (nSPS) is 47.6. The lowest BCUT2D eigenvalue weighted by Crippen LogP contribution is -2.40. The van der Waals surface area contributed by atoms with E-state index < -0.39 is 26.7 Å². The minimum absolute atomic E-state index is 0.0336. The summed E-state index contributed by atoms with van der Waals surface area (Å²) in [4.78, 5) is 11.8. The maximum Gasteiger partial charge on any atom is 0.153 e. The van der Waals surface area contributed by atoms with Crippen LogP contribution < -0.4 is 0 Å². The number of carbonyl (C=O) groups is 1. The lowest BCUT2D eigenvalue weighted by atomic mass is 9.70. The van der Waals surface area contributed by atoms with Gasteiger partial charge in [0.15, 0.2) is 5.78 Å². The molecule has 2 bridgehead atoms. The predicted octanol–water partition coefficient (Wildman–Crippen LogP) is 1.30. The van der Waals surface area contributed by atoms with E-state index in [-0.39, 0.29) is 16.5 Å². The van der Waals surface area contributed by atoms with E-state index in [4.69, 9.17) is 0 Å². The smallest absolute Gasteiger partial charge is 0.153 e. The maximum absolute atomic E-state index is 12.0. The van der Waals surface area contributed by atoms with Crippen molar-refractivity contribution in [2.24, 2.45) is 16.7 Å². The van der Waals surface area contributed by atoms with Gasteiger partial charge < -0.3 is 4.55 Å². The summed E-state index contributed by atoms with van der Waals surface area (Å²) in [5, 5.41) is 0. The largest absolute Gasteiger partial charge is 0.748 e. The van der Waals surface area contributed by atoms with Crippen LogP contribution in [0.1, 0.15) is 26.7 Å². The second-order valence-corrected chi connectivity index (χ2v) is 7.75. The molecular formula is C10H14BrO4S-. The lowest BCUT2D eigenvalue weighted by molar-refractivity contribution is -0.127. The van der Waals surface area contributed by atoms with Gasteiger partial charge in [0.25, 0.3) is 0 Å². The number of rotatable bonds is 2. The Morgan fingerprint density at radius 1 is 1.50 bits per heavy atom. The first-order valence-electron chi connectivity index (χ1n) is 5.24. The number of alkyl halides is 1. The number of hydrogen-bond acceptors (Lipinski definition) is 4. The molecule has 0 spiro atoms. The summed E-state index contributed by atoms with van der Waals surface area (Å²) in [6.45, 7) is 3.56. The van der Waals surface area contributed by atoms with Gasteiger partial charge in [-0.25, -0.2) is 8.42 Å². The van der Waals surface area contributed by atoms with E-state index in [1.54, 1.807) is 13.8 Å². The van der Waals surface area contributed by atoms with Crippen LogP contribution in [0.4, 0.5) is 0 Å². The van der Waals surface area contributed by atoms with Gasteiger partial charge in [-0.3, -0.25) is 4.79 Å². The molecule has 4 atom stereocenters. The van der Waals surface area contributed by atoms with Crippen molar-refractivity contribution >= 4 is 31.8 Å². The molecule has 4 nitrogen and oxygen atoms in total. The van der Waals surface area contributed by atoms with E-state index >= 15 is 0 Å². The third kappa shape index (κ3) is 1.42. The monoisotopic (exact) mass is 309 g/mol. The van der Waals surface area contributed by atoms with Gasteiger partial charge in [-0.2, -0.15) is 0 Å². The molecule has 0 aromatic heterocycles. The fourth-order valence-corrected chi connectivity index (χ4v) is 6.07. The van der Waals surface area contributed by atoms with Crippen LogP contribution in [-0.4, -0.2) is 29.3 Å². The van der Waals surface area contributed by atoms with Crippen molar-refractivity contribution in [1.82, 2.24) is 0 Å². The Kier molecular flexibility index (Phi) is 2.58. The zero-order valence-electron chi connectivity index (χ0n) is 9.20. The van der Waals surface area contributed by atoms with Crippen LogP contribution in [0.2, 0.25) is 0 Å². The molecule has 2 rings (SSSR count). The van der Waals surface area contributed by atoms with Crippen molar-refractivity contribution in [3.8, 4) is 0 Å². The summed E-state index contributed by atoms with van der Waals surface area (Å²) >= 11 is 3.33. The number of Topliss-reactive ketones (excluding diaryl/α,β-unsaturated/α-hetero) is 1. The van der Waals surface area contributed by atoms with Gasteiger partial charge in [-0.05, 0) is 24.2 Å². The fraction of sp³-hybridized carbons (Fsp3) is 0.900. The van der Waals surface area contributed by atoms with Gasteiger partial charge in [-0.1, -0.05) is 29.8 Å². The maximum atomic E-state index is 12.0. The van der Waals surface area contributed by atoms with Crippen molar-refractivity contribution in [3.05, 3.63) is 0 Å². The second-order valence-electron chi connectivity index (χ2n) is 5.36. The summed E-state index contributed by atoms with van der Waals surface area (Å²) in [5.41, 5.74) is -1.37. The van der Waals surface area contributed by atoms with Gasteiger partial charge in [0.2, 0.25) is 0 Å². The number of hydrogen-bond donors (Lipinski definition) is 0. The van der Waals surface area contributed by atoms with Crippen LogP contribution in [0.3, 0.4) is 0 Å². The van der Waals surface area contributed by atoms with E-state index in [0.717, 1.165) is 6.42 Å². The molecule has 0 aromatic rings. The molecule has 0 heterocycles. The molecule has 0 aromatic carbocycles. The molecule has 2 saturated carbocycles. The van der Waals surface area contributed by atoms with Gasteiger partial charge in [-0.15, -0.1) is 0 Å². The first-order valence-corrected chi connectivity index (χ1v) is 7.73. The molecule has 1 unspecified atom stereocenters. The molecular weight excluding hydrogens is 296 g/mol. The highest BCUT2D eigenvalue weighted by Gasteiger charge is 2.68. The van der Waals surface area contributed by atoms with Crippen LogP contribution in [0, 0.1) is 16.7 Å². The minimum atomic E-state index is -4.30. The predicted molar refractivity (Wildman–Crippen MR) is 61.2 cm³/mol. The molecule has 0 saturated heterocycles. The van der Waals surface area contributed by atoms with Crippen molar-refractivity contribution in [2.45, 2.75) is 31.5 Å². The van der Waals surface area contributed by atoms with E-state index in [1.807, 2.05) is 0 Å². The van der Waals surface area contributed by atoms with Crippen molar-refractivity contribution in [1.29, 1.82) is 0 Å². The quantitative estimate of drug-likeness (QED) is 0.569. The van der Waals surface area contributed by atoms with Gasteiger partial charge in [0.1, 0.15) is 0 Å². The van der Waals surface area contributed by atoms with E-state index in [2.05, 4.69) is 15.9 Å². The summed E-state index contributed by atoms with van der Waals surface area (Å²) in [5.74, 6) is -0.418. The molecule has 2 aliphatic carbocycles. The highest BCUT2D eigenvalue weighted by Crippen LogP contribution is 2.65. The van der Waals surface area contributed by atoms with Crippen molar-refractivity contribution in [3.63, 3.8) is 0 Å². The Balaban J connectivity index is 2.47. The SMILES string of the molecule is CC1(CS(=O)(=O)[O-])[C@@H]2CC[C@@]1(C)C(=O)[C@H]2Br. The minimum Gasteiger partial charge on any atom is -0.748 e. The average molecular weight is 310 g/mol. The summed E-state index contributed by atoms with van der Waals surface area (Å²) < 4.78 is 33.0. The molecule has 0 N–H and O–H groups in total. The number of ketones is 1. The summed E-state index contributed by atoms with van der Waals surface area (Å²) in [6.07, 6.45) is 1.49. The standard InChI is InChI=1S/C10H15BrO4S/c1-9-4-3-6(7(11)8(9)12)10(9,2)5-16(13,14)15/h6-7H,3-5H2,1-2H3,(H,13,14,15)/p-1/t6-,7+,9+,10?/m1/s1. The third-order valence-electron chi connectivity index (χ3n) is 4.66. The zero-order chi connectivity index (χ0) is 12.4. The second kappa shape index (κ2) is 3.29. The van der Waals surface area contributed by atoms with Gasteiger partial charge in [0.05, 0.1) is 14.9 Å². The first kappa shape index (κ1) is 12.5. The molecule has 6 heteroatoms. The Morgan fingerprint density at radius 2 is 2.06 bits per heavy atom. The topological polar surface area (TPSA) is 74.3 Å². The van der Waals surface area contributed by atoms with E-state index in [0.29, 0.717) is 6.42 Å². The molecule has 0 radical (unpaired) electrons. The van der Waals surface area contributed by atoms with Crippen molar-refractivity contribution < 1.29 is 17.8 Å². The van der Waals surface area contributed by atoms with Crippen LogP contribution in [0.15, 0.2) is 0 Å². The molecule has 0 aliphatic heterocycles. The Morgan fingerprint density at radius 3 is 2.44 bits per heavy atom. The molecule has 92 valence electrons. The summed E-state index contributed by atoms with van der Waals surface area (Å²) in [7, 11) is -4.30. The van der Waals surface area contributed by atoms with E-state index in [9.17, 15) is 17.8 Å². The van der Waals surface area contributed by atoms with Gasteiger partial charge >= 0.3 is 0 Å². The highest BCUT2D eigenvalue weighted by molar-refractivity contribution is 9.10. The van der Waals surface area contributed by atoms with Gasteiger partial charge in [0, 0.05) is 11.2 Å². The third-order valence-corrected chi connectivity index (χ3v) is 6.67. The molecule has 2 fully saturated rings.